The Hall–Kier alpha value is -2.34. The summed E-state index contributed by atoms with van der Waals surface area (Å²) in [5.41, 5.74) is 4.85. The first-order valence-electron chi connectivity index (χ1n) is 8.59. The lowest BCUT2D eigenvalue weighted by molar-refractivity contribution is 0.602. The van der Waals surface area contributed by atoms with Gasteiger partial charge in [-0.05, 0) is 49.1 Å². The molecule has 0 bridgehead atoms. The van der Waals surface area contributed by atoms with E-state index in [1.54, 1.807) is 19.2 Å². The van der Waals surface area contributed by atoms with Crippen LogP contribution in [0.5, 0.6) is 0 Å². The third kappa shape index (κ3) is 5.88. The molecule has 140 valence electrons. The number of sulfone groups is 1. The van der Waals surface area contributed by atoms with E-state index in [-0.39, 0.29) is 0 Å². The third-order valence-electron chi connectivity index (χ3n) is 4.23. The fraction of sp³-hybridized carbons (Fsp3) is 0.350. The molecule has 26 heavy (non-hydrogen) atoms. The number of nitrogens with one attached hydrogen (secondary N) is 2. The van der Waals surface area contributed by atoms with Gasteiger partial charge in [0.2, 0.25) is 0 Å². The molecule has 0 aromatic heterocycles. The number of hydrogen-bond acceptors (Lipinski definition) is 3. The predicted octanol–water partition coefficient (Wildman–Crippen LogP) is 2.61. The number of benzene rings is 2. The molecule has 0 amide bonds. The van der Waals surface area contributed by atoms with Gasteiger partial charge >= 0.3 is 0 Å². The van der Waals surface area contributed by atoms with E-state index in [1.807, 2.05) is 12.1 Å². The van der Waals surface area contributed by atoms with Crippen molar-refractivity contribution in [3.8, 4) is 0 Å². The van der Waals surface area contributed by atoms with Crippen LogP contribution in [0, 0.1) is 13.8 Å². The molecule has 0 radical (unpaired) electrons. The van der Waals surface area contributed by atoms with Gasteiger partial charge in [-0.15, -0.1) is 0 Å². The maximum absolute atomic E-state index is 11.5. The molecule has 0 unspecified atom stereocenters. The van der Waals surface area contributed by atoms with Gasteiger partial charge in [0, 0.05) is 26.4 Å². The number of aryl methyl sites for hydroxylation is 2. The molecule has 6 heteroatoms. The molecule has 0 saturated heterocycles. The van der Waals surface area contributed by atoms with E-state index >= 15 is 0 Å². The van der Waals surface area contributed by atoms with Crippen LogP contribution in [0.2, 0.25) is 0 Å². The second-order valence-corrected chi connectivity index (χ2v) is 8.46. The van der Waals surface area contributed by atoms with Crippen molar-refractivity contribution in [3.05, 3.63) is 64.7 Å². The zero-order valence-corrected chi connectivity index (χ0v) is 16.7. The lowest BCUT2D eigenvalue weighted by Crippen LogP contribution is -2.38. The van der Waals surface area contributed by atoms with Crippen LogP contribution in [0.3, 0.4) is 0 Å². The normalized spacial score (nSPS) is 12.1. The predicted molar refractivity (Wildman–Crippen MR) is 107 cm³/mol. The molecule has 0 aliphatic rings. The quantitative estimate of drug-likeness (QED) is 0.603. The Kier molecular flexibility index (Phi) is 6.80. The molecule has 0 fully saturated rings. The number of guanidine groups is 1. The van der Waals surface area contributed by atoms with E-state index < -0.39 is 9.84 Å². The van der Waals surface area contributed by atoms with E-state index in [2.05, 4.69) is 47.7 Å². The molecule has 5 nitrogen and oxygen atoms in total. The minimum Gasteiger partial charge on any atom is -0.356 e. The average molecular weight is 374 g/mol. The van der Waals surface area contributed by atoms with Crippen molar-refractivity contribution in [3.63, 3.8) is 0 Å². The van der Waals surface area contributed by atoms with Crippen molar-refractivity contribution in [1.82, 2.24) is 10.6 Å². The zero-order valence-electron chi connectivity index (χ0n) is 15.8. The van der Waals surface area contributed by atoms with Gasteiger partial charge in [0.25, 0.3) is 0 Å². The van der Waals surface area contributed by atoms with E-state index in [4.69, 9.17) is 0 Å². The van der Waals surface area contributed by atoms with Crippen LogP contribution in [-0.2, 0) is 22.8 Å². The summed E-state index contributed by atoms with van der Waals surface area (Å²) >= 11 is 0. The standard InChI is InChI=1S/C20H27N3O2S/c1-15-5-8-18(16(2)13-15)14-23-20(21-3)22-12-11-17-6-9-19(10-7-17)26(4,24)25/h5-10,13H,11-12,14H2,1-4H3,(H2,21,22,23). The minimum atomic E-state index is -3.14. The summed E-state index contributed by atoms with van der Waals surface area (Å²) in [6.07, 6.45) is 2.00. The maximum atomic E-state index is 11.5. The minimum absolute atomic E-state index is 0.347. The van der Waals surface area contributed by atoms with Gasteiger partial charge in [0.15, 0.2) is 15.8 Å². The SMILES string of the molecule is CN=C(NCCc1ccc(S(C)(=O)=O)cc1)NCc1ccc(C)cc1C. The summed E-state index contributed by atoms with van der Waals surface area (Å²) in [5.74, 6) is 0.748. The highest BCUT2D eigenvalue weighted by Crippen LogP contribution is 2.11. The maximum Gasteiger partial charge on any atom is 0.191 e. The van der Waals surface area contributed by atoms with Gasteiger partial charge in [0.1, 0.15) is 0 Å². The van der Waals surface area contributed by atoms with Crippen LogP contribution in [0.1, 0.15) is 22.3 Å². The van der Waals surface area contributed by atoms with Crippen LogP contribution >= 0.6 is 0 Å². The van der Waals surface area contributed by atoms with Gasteiger partial charge in [-0.25, -0.2) is 8.42 Å². The van der Waals surface area contributed by atoms with Crippen molar-refractivity contribution in [1.29, 1.82) is 0 Å². The molecule has 0 aliphatic carbocycles. The molecule has 0 atom stereocenters. The van der Waals surface area contributed by atoms with Gasteiger partial charge in [-0.2, -0.15) is 0 Å². The van der Waals surface area contributed by atoms with Crippen LogP contribution in [0.25, 0.3) is 0 Å². The lowest BCUT2D eigenvalue weighted by atomic mass is 10.1. The van der Waals surface area contributed by atoms with Crippen LogP contribution in [-0.4, -0.2) is 34.2 Å². The second kappa shape index (κ2) is 8.85. The Morgan fingerprint density at radius 3 is 2.31 bits per heavy atom. The number of hydrogen-bond donors (Lipinski definition) is 2. The summed E-state index contributed by atoms with van der Waals surface area (Å²) in [7, 11) is -1.39. The number of aliphatic imine (C=N–C) groups is 1. The molecule has 2 aromatic carbocycles. The smallest absolute Gasteiger partial charge is 0.191 e. The van der Waals surface area contributed by atoms with Crippen molar-refractivity contribution >= 4 is 15.8 Å². The molecule has 0 aliphatic heterocycles. The fourth-order valence-corrected chi connectivity index (χ4v) is 3.30. The first-order chi connectivity index (χ1) is 12.3. The Labute approximate surface area is 156 Å². The Morgan fingerprint density at radius 1 is 1.04 bits per heavy atom. The first kappa shape index (κ1) is 20.0. The molecular formula is C20H27N3O2S. The van der Waals surface area contributed by atoms with Crippen molar-refractivity contribution in [2.75, 3.05) is 19.8 Å². The highest BCUT2D eigenvalue weighted by Gasteiger charge is 2.06. The zero-order chi connectivity index (χ0) is 19.2. The monoisotopic (exact) mass is 373 g/mol. The van der Waals surface area contributed by atoms with E-state index in [9.17, 15) is 8.42 Å². The van der Waals surface area contributed by atoms with Crippen LogP contribution in [0.4, 0.5) is 0 Å². The largest absolute Gasteiger partial charge is 0.356 e. The van der Waals surface area contributed by atoms with Crippen LogP contribution < -0.4 is 10.6 Å². The van der Waals surface area contributed by atoms with Crippen molar-refractivity contribution in [2.45, 2.75) is 31.7 Å². The highest BCUT2D eigenvalue weighted by molar-refractivity contribution is 7.90. The Bertz CT molecular complexity index is 872. The third-order valence-corrected chi connectivity index (χ3v) is 5.35. The highest BCUT2D eigenvalue weighted by atomic mass is 32.2. The number of nitrogens with zero attached hydrogens (tertiary/aromatic N) is 1. The molecule has 2 aromatic rings. The second-order valence-electron chi connectivity index (χ2n) is 6.45. The van der Waals surface area contributed by atoms with Crippen molar-refractivity contribution < 1.29 is 8.42 Å². The molecule has 2 N–H and O–H groups in total. The van der Waals surface area contributed by atoms with Gasteiger partial charge in [0.05, 0.1) is 4.90 Å². The summed E-state index contributed by atoms with van der Waals surface area (Å²) in [4.78, 5) is 4.59. The molecule has 2 rings (SSSR count). The molecule has 0 saturated carbocycles. The molecule has 0 spiro atoms. The van der Waals surface area contributed by atoms with E-state index in [1.165, 1.54) is 22.9 Å². The fourth-order valence-electron chi connectivity index (χ4n) is 2.67. The Morgan fingerprint density at radius 2 is 1.73 bits per heavy atom. The van der Waals surface area contributed by atoms with Gasteiger partial charge in [-0.1, -0.05) is 35.9 Å². The van der Waals surface area contributed by atoms with Crippen molar-refractivity contribution in [2.24, 2.45) is 4.99 Å². The van der Waals surface area contributed by atoms with E-state index in [0.717, 1.165) is 24.5 Å². The average Bonchev–Trinajstić information content (AvgIpc) is 2.59. The topological polar surface area (TPSA) is 70.6 Å². The Balaban J connectivity index is 1.83. The van der Waals surface area contributed by atoms with Gasteiger partial charge in [-0.3, -0.25) is 4.99 Å². The number of rotatable bonds is 6. The summed E-state index contributed by atoms with van der Waals surface area (Å²) in [6, 6.07) is 13.4. The molecule has 0 heterocycles. The first-order valence-corrected chi connectivity index (χ1v) is 10.5. The summed E-state index contributed by atoms with van der Waals surface area (Å²) in [5, 5.41) is 6.61. The summed E-state index contributed by atoms with van der Waals surface area (Å²) in [6.45, 7) is 5.63. The van der Waals surface area contributed by atoms with E-state index in [0.29, 0.717) is 11.4 Å². The van der Waals surface area contributed by atoms with Gasteiger partial charge < -0.3 is 10.6 Å². The van der Waals surface area contributed by atoms with Crippen LogP contribution in [0.15, 0.2) is 52.4 Å². The summed E-state index contributed by atoms with van der Waals surface area (Å²) < 4.78 is 23.0. The molecular weight excluding hydrogens is 346 g/mol. The lowest BCUT2D eigenvalue weighted by Gasteiger charge is -2.13.